The van der Waals surface area contributed by atoms with Gasteiger partial charge in [-0.3, -0.25) is 4.79 Å². The molecule has 6 heteroatoms. The number of alkyl halides is 3. The number of rotatable bonds is 1. The summed E-state index contributed by atoms with van der Waals surface area (Å²) in [5, 5.41) is 3.09. The minimum atomic E-state index is -4.76. The van der Waals surface area contributed by atoms with Crippen molar-refractivity contribution in [3.8, 4) is 0 Å². The fraction of sp³-hybridized carbons (Fsp3) is 0.889. The second-order valence-corrected chi connectivity index (χ2v) is 3.75. The minimum absolute atomic E-state index is 0.297. The smallest absolute Gasteiger partial charge is 0.335 e. The van der Waals surface area contributed by atoms with E-state index in [2.05, 4.69) is 5.32 Å². The third-order valence-electron chi connectivity index (χ3n) is 2.66. The van der Waals surface area contributed by atoms with Gasteiger partial charge in [0.2, 0.25) is 0 Å². The summed E-state index contributed by atoms with van der Waals surface area (Å²) in [4.78, 5) is 11.8. The van der Waals surface area contributed by atoms with Gasteiger partial charge in [0.1, 0.15) is 0 Å². The highest BCUT2D eigenvalue weighted by molar-refractivity contribution is 5.81. The maximum Gasteiger partial charge on any atom is 0.471 e. The zero-order valence-corrected chi connectivity index (χ0v) is 8.60. The van der Waals surface area contributed by atoms with E-state index in [9.17, 15) is 18.0 Å². The van der Waals surface area contributed by atoms with E-state index in [0.29, 0.717) is 19.4 Å². The van der Waals surface area contributed by atoms with Gasteiger partial charge < -0.3 is 10.2 Å². The average molecular weight is 224 g/mol. The van der Waals surface area contributed by atoms with Crippen LogP contribution in [0.4, 0.5) is 13.2 Å². The zero-order chi connectivity index (χ0) is 11.5. The maximum atomic E-state index is 12.1. The summed E-state index contributed by atoms with van der Waals surface area (Å²) in [7, 11) is 1.23. The van der Waals surface area contributed by atoms with Gasteiger partial charge in [-0.2, -0.15) is 13.2 Å². The molecule has 0 bridgehead atoms. The van der Waals surface area contributed by atoms with Crippen molar-refractivity contribution < 1.29 is 18.0 Å². The van der Waals surface area contributed by atoms with E-state index >= 15 is 0 Å². The van der Waals surface area contributed by atoms with Gasteiger partial charge in [0.25, 0.3) is 0 Å². The molecular weight excluding hydrogens is 209 g/mol. The second-order valence-electron chi connectivity index (χ2n) is 3.75. The Hall–Kier alpha value is -0.780. The second kappa shape index (κ2) is 4.83. The number of carbonyl (C=O) groups is 1. The van der Waals surface area contributed by atoms with Crippen molar-refractivity contribution in [3.05, 3.63) is 0 Å². The fourth-order valence-electron chi connectivity index (χ4n) is 1.75. The molecule has 0 spiro atoms. The molecule has 1 unspecified atom stereocenters. The fourth-order valence-corrected chi connectivity index (χ4v) is 1.75. The van der Waals surface area contributed by atoms with E-state index in [4.69, 9.17) is 0 Å². The van der Waals surface area contributed by atoms with Crippen molar-refractivity contribution in [2.24, 2.45) is 0 Å². The third kappa shape index (κ3) is 3.37. The summed E-state index contributed by atoms with van der Waals surface area (Å²) >= 11 is 0. The number of amides is 1. The number of halogens is 3. The first-order valence-electron chi connectivity index (χ1n) is 4.97. The highest BCUT2D eigenvalue weighted by Gasteiger charge is 2.42. The van der Waals surface area contributed by atoms with E-state index in [1.807, 2.05) is 0 Å². The molecule has 0 saturated carbocycles. The molecule has 1 aliphatic rings. The van der Waals surface area contributed by atoms with E-state index in [-0.39, 0.29) is 6.04 Å². The van der Waals surface area contributed by atoms with Gasteiger partial charge in [-0.15, -0.1) is 0 Å². The predicted octanol–water partition coefficient (Wildman–Crippen LogP) is 1.15. The Labute approximate surface area is 86.6 Å². The summed E-state index contributed by atoms with van der Waals surface area (Å²) in [6.45, 7) is 1.48. The van der Waals surface area contributed by atoms with Crippen molar-refractivity contribution in [1.29, 1.82) is 0 Å². The van der Waals surface area contributed by atoms with Crippen molar-refractivity contribution in [3.63, 3.8) is 0 Å². The monoisotopic (exact) mass is 224 g/mol. The molecule has 1 aliphatic heterocycles. The van der Waals surface area contributed by atoms with Crippen molar-refractivity contribution in [2.75, 3.05) is 20.1 Å². The average Bonchev–Trinajstić information content (AvgIpc) is 2.42. The number of hydrogen-bond donors (Lipinski definition) is 1. The predicted molar refractivity (Wildman–Crippen MR) is 49.3 cm³/mol. The molecule has 1 rings (SSSR count). The first-order chi connectivity index (χ1) is 6.93. The molecule has 1 fully saturated rings. The summed E-state index contributed by atoms with van der Waals surface area (Å²) in [6.07, 6.45) is -2.74. The number of nitrogens with zero attached hydrogens (tertiary/aromatic N) is 1. The van der Waals surface area contributed by atoms with Gasteiger partial charge in [0.15, 0.2) is 0 Å². The Morgan fingerprint density at radius 3 is 2.60 bits per heavy atom. The molecule has 0 aromatic rings. The third-order valence-corrected chi connectivity index (χ3v) is 2.66. The lowest BCUT2D eigenvalue weighted by atomic mass is 10.1. The molecule has 88 valence electrons. The number of nitrogens with one attached hydrogen (secondary N) is 1. The van der Waals surface area contributed by atoms with Crippen LogP contribution < -0.4 is 5.32 Å². The maximum absolute atomic E-state index is 12.1. The van der Waals surface area contributed by atoms with Crippen molar-refractivity contribution >= 4 is 5.91 Å². The van der Waals surface area contributed by atoms with Crippen LogP contribution in [0.1, 0.15) is 19.3 Å². The van der Waals surface area contributed by atoms with Gasteiger partial charge in [-0.25, -0.2) is 0 Å². The Morgan fingerprint density at radius 1 is 1.33 bits per heavy atom. The molecule has 3 nitrogen and oxygen atoms in total. The Kier molecular flexibility index (Phi) is 3.96. The number of carbonyl (C=O) groups excluding carboxylic acids is 1. The zero-order valence-electron chi connectivity index (χ0n) is 8.60. The van der Waals surface area contributed by atoms with E-state index in [1.54, 1.807) is 0 Å². The molecule has 1 N–H and O–H groups in total. The largest absolute Gasteiger partial charge is 0.471 e. The lowest BCUT2D eigenvalue weighted by Crippen LogP contribution is -2.44. The van der Waals surface area contributed by atoms with Gasteiger partial charge >= 0.3 is 12.1 Å². The van der Waals surface area contributed by atoms with Gasteiger partial charge in [-0.05, 0) is 32.4 Å². The molecule has 0 aromatic heterocycles. The van der Waals surface area contributed by atoms with E-state index in [1.165, 1.54) is 7.05 Å². The van der Waals surface area contributed by atoms with Gasteiger partial charge in [-0.1, -0.05) is 0 Å². The SMILES string of the molecule is CN(C(=O)C(F)(F)F)C1CCCNCC1. The molecule has 1 amide bonds. The Morgan fingerprint density at radius 2 is 2.00 bits per heavy atom. The molecule has 15 heavy (non-hydrogen) atoms. The molecule has 0 aromatic carbocycles. The molecule has 0 aliphatic carbocycles. The highest BCUT2D eigenvalue weighted by Crippen LogP contribution is 2.21. The van der Waals surface area contributed by atoms with Crippen LogP contribution in [-0.4, -0.2) is 43.2 Å². The van der Waals surface area contributed by atoms with Crippen molar-refractivity contribution in [1.82, 2.24) is 10.2 Å². The number of hydrogen-bond acceptors (Lipinski definition) is 2. The van der Waals surface area contributed by atoms with Crippen LogP contribution in [0, 0.1) is 0 Å². The lowest BCUT2D eigenvalue weighted by molar-refractivity contribution is -0.186. The van der Waals surface area contributed by atoms with Crippen LogP contribution in [0.2, 0.25) is 0 Å². The van der Waals surface area contributed by atoms with E-state index < -0.39 is 12.1 Å². The summed E-state index contributed by atoms with van der Waals surface area (Å²) in [5.74, 6) is -1.74. The first kappa shape index (κ1) is 12.3. The quantitative estimate of drug-likeness (QED) is 0.724. The first-order valence-corrected chi connectivity index (χ1v) is 4.97. The summed E-state index contributed by atoms with van der Waals surface area (Å²) < 4.78 is 36.4. The Balaban J connectivity index is 2.58. The standard InChI is InChI=1S/C9H15F3N2O/c1-14(8(15)9(10,11)12)7-3-2-5-13-6-4-7/h7,13H,2-6H2,1H3. The lowest BCUT2D eigenvalue weighted by Gasteiger charge is -2.27. The van der Waals surface area contributed by atoms with Crippen LogP contribution in [0.3, 0.4) is 0 Å². The molecular formula is C9H15F3N2O. The minimum Gasteiger partial charge on any atom is -0.335 e. The van der Waals surface area contributed by atoms with Gasteiger partial charge in [0, 0.05) is 13.1 Å². The topological polar surface area (TPSA) is 32.3 Å². The van der Waals surface area contributed by atoms with Crippen LogP contribution in [0.25, 0.3) is 0 Å². The van der Waals surface area contributed by atoms with Crippen LogP contribution in [-0.2, 0) is 4.79 Å². The Bertz CT molecular complexity index is 222. The molecule has 1 saturated heterocycles. The van der Waals surface area contributed by atoms with Crippen LogP contribution in [0.15, 0.2) is 0 Å². The normalized spacial score (nSPS) is 23.3. The van der Waals surface area contributed by atoms with Crippen LogP contribution in [0.5, 0.6) is 0 Å². The molecule has 0 radical (unpaired) electrons. The van der Waals surface area contributed by atoms with Gasteiger partial charge in [0.05, 0.1) is 0 Å². The van der Waals surface area contributed by atoms with E-state index in [0.717, 1.165) is 17.9 Å². The molecule has 1 atom stereocenters. The molecule has 1 heterocycles. The summed E-state index contributed by atoms with van der Waals surface area (Å²) in [6, 6.07) is -0.297. The van der Waals surface area contributed by atoms with Crippen LogP contribution >= 0.6 is 0 Å². The van der Waals surface area contributed by atoms with Crippen molar-refractivity contribution in [2.45, 2.75) is 31.5 Å². The highest BCUT2D eigenvalue weighted by atomic mass is 19.4. The summed E-state index contributed by atoms with van der Waals surface area (Å²) in [5.41, 5.74) is 0.